The van der Waals surface area contributed by atoms with Gasteiger partial charge in [-0.25, -0.2) is 4.79 Å². The highest BCUT2D eigenvalue weighted by Crippen LogP contribution is 2.19. The predicted octanol–water partition coefficient (Wildman–Crippen LogP) is 2.27. The number of urea groups is 1. The van der Waals surface area contributed by atoms with Gasteiger partial charge >= 0.3 is 6.03 Å². The first kappa shape index (κ1) is 20.8. The summed E-state index contributed by atoms with van der Waals surface area (Å²) in [6, 6.07) is 6.97. The topological polar surface area (TPSA) is 101 Å². The van der Waals surface area contributed by atoms with Crippen LogP contribution in [0.2, 0.25) is 5.02 Å². The zero-order chi connectivity index (χ0) is 20.8. The van der Waals surface area contributed by atoms with Crippen LogP contribution in [0.5, 0.6) is 0 Å². The minimum absolute atomic E-state index is 0.0346. The van der Waals surface area contributed by atoms with Gasteiger partial charge in [0.15, 0.2) is 0 Å². The number of hydrogen-bond acceptors (Lipinski definition) is 6. The molecule has 1 aromatic carbocycles. The number of carbonyl (C=O) groups excluding carboxylic acids is 1. The largest absolute Gasteiger partial charge is 0.339 e. The first-order chi connectivity index (χ1) is 13.9. The maximum atomic E-state index is 12.1. The maximum absolute atomic E-state index is 12.1. The minimum atomic E-state index is -0.252. The highest BCUT2D eigenvalue weighted by Gasteiger charge is 2.17. The number of likely N-dealkylation sites (N-methyl/N-ethyl adjacent to an activating group) is 1. The fraction of sp³-hybridized carbons (Fsp3) is 0.368. The highest BCUT2D eigenvalue weighted by molar-refractivity contribution is 6.30. The van der Waals surface area contributed by atoms with E-state index in [1.807, 2.05) is 44.4 Å². The Morgan fingerprint density at radius 1 is 1.28 bits per heavy atom. The van der Waals surface area contributed by atoms with Gasteiger partial charge < -0.3 is 20.1 Å². The van der Waals surface area contributed by atoms with Crippen molar-refractivity contribution in [1.82, 2.24) is 35.5 Å². The summed E-state index contributed by atoms with van der Waals surface area (Å²) in [6.45, 7) is 0.847. The molecule has 2 heterocycles. The molecular formula is C19H24ClN7O2. The zero-order valence-corrected chi connectivity index (χ0v) is 17.3. The SMILES string of the molecule is CN(C)C(CNC(=O)NCCc1nc(-c2ccc(Cl)cc2)no1)c1cnn(C)c1. The molecule has 3 aromatic rings. The van der Waals surface area contributed by atoms with Crippen molar-refractivity contribution in [3.63, 3.8) is 0 Å². The molecule has 0 fully saturated rings. The van der Waals surface area contributed by atoms with E-state index in [1.165, 1.54) is 0 Å². The second-order valence-electron chi connectivity index (χ2n) is 6.83. The molecule has 2 aromatic heterocycles. The average Bonchev–Trinajstić information content (AvgIpc) is 3.32. The van der Waals surface area contributed by atoms with E-state index in [2.05, 4.69) is 25.9 Å². The van der Waals surface area contributed by atoms with Crippen molar-refractivity contribution in [2.24, 2.45) is 7.05 Å². The molecule has 2 N–H and O–H groups in total. The van der Waals surface area contributed by atoms with Gasteiger partial charge in [-0.1, -0.05) is 16.8 Å². The van der Waals surface area contributed by atoms with Crippen molar-refractivity contribution in [2.45, 2.75) is 12.5 Å². The first-order valence-corrected chi connectivity index (χ1v) is 9.55. The maximum Gasteiger partial charge on any atom is 0.314 e. The highest BCUT2D eigenvalue weighted by atomic mass is 35.5. The Balaban J connectivity index is 1.44. The third-order valence-corrected chi connectivity index (χ3v) is 4.64. The van der Waals surface area contributed by atoms with Crippen molar-refractivity contribution in [2.75, 3.05) is 27.2 Å². The van der Waals surface area contributed by atoms with E-state index >= 15 is 0 Å². The summed E-state index contributed by atoms with van der Waals surface area (Å²) in [5.41, 5.74) is 1.86. The standard InChI is InChI=1S/C19H24ClN7O2/c1-26(2)16(14-10-23-27(3)12-14)11-22-19(28)21-9-8-17-24-18(25-29-17)13-4-6-15(20)7-5-13/h4-7,10,12,16H,8-9,11H2,1-3H3,(H2,21,22,28). The quantitative estimate of drug-likeness (QED) is 0.583. The van der Waals surface area contributed by atoms with Gasteiger partial charge in [0.05, 0.1) is 12.2 Å². The Labute approximate surface area is 174 Å². The van der Waals surface area contributed by atoms with Gasteiger partial charge in [0.1, 0.15) is 0 Å². The van der Waals surface area contributed by atoms with Crippen molar-refractivity contribution in [3.05, 3.63) is 53.1 Å². The summed E-state index contributed by atoms with van der Waals surface area (Å²) in [4.78, 5) is 18.5. The molecule has 0 aliphatic rings. The van der Waals surface area contributed by atoms with Gasteiger partial charge in [-0.2, -0.15) is 10.1 Å². The van der Waals surface area contributed by atoms with Gasteiger partial charge in [0.2, 0.25) is 11.7 Å². The molecule has 0 spiro atoms. The molecule has 0 radical (unpaired) electrons. The summed E-state index contributed by atoms with van der Waals surface area (Å²) in [7, 11) is 5.79. The van der Waals surface area contributed by atoms with Crippen LogP contribution in [0.15, 0.2) is 41.2 Å². The number of carbonyl (C=O) groups is 1. The number of amides is 2. The van der Waals surface area contributed by atoms with Crippen LogP contribution in [0.25, 0.3) is 11.4 Å². The zero-order valence-electron chi connectivity index (χ0n) is 16.6. The predicted molar refractivity (Wildman–Crippen MR) is 109 cm³/mol. The van der Waals surface area contributed by atoms with E-state index in [9.17, 15) is 4.79 Å². The van der Waals surface area contributed by atoms with Gasteiger partial charge in [0.25, 0.3) is 0 Å². The summed E-state index contributed by atoms with van der Waals surface area (Å²) >= 11 is 5.88. The number of nitrogens with one attached hydrogen (secondary N) is 2. The Kier molecular flexibility index (Phi) is 6.84. The normalized spacial score (nSPS) is 12.2. The average molecular weight is 418 g/mol. The summed E-state index contributed by atoms with van der Waals surface area (Å²) in [5.74, 6) is 0.947. The van der Waals surface area contributed by atoms with E-state index < -0.39 is 0 Å². The van der Waals surface area contributed by atoms with E-state index in [4.69, 9.17) is 16.1 Å². The third kappa shape index (κ3) is 5.78. The molecule has 154 valence electrons. The fourth-order valence-electron chi connectivity index (χ4n) is 2.82. The molecule has 0 saturated carbocycles. The molecule has 0 saturated heterocycles. The minimum Gasteiger partial charge on any atom is -0.339 e. The molecule has 29 heavy (non-hydrogen) atoms. The van der Waals surface area contributed by atoms with Crippen molar-refractivity contribution < 1.29 is 9.32 Å². The van der Waals surface area contributed by atoms with Crippen LogP contribution in [-0.4, -0.2) is 58.0 Å². The van der Waals surface area contributed by atoms with Crippen molar-refractivity contribution in [3.8, 4) is 11.4 Å². The molecule has 1 atom stereocenters. The third-order valence-electron chi connectivity index (χ3n) is 4.38. The smallest absolute Gasteiger partial charge is 0.314 e. The van der Waals surface area contributed by atoms with Crippen LogP contribution in [0.4, 0.5) is 4.79 Å². The number of benzene rings is 1. The lowest BCUT2D eigenvalue weighted by atomic mass is 10.1. The Morgan fingerprint density at radius 2 is 2.03 bits per heavy atom. The molecule has 0 bridgehead atoms. The van der Waals surface area contributed by atoms with Crippen LogP contribution in [-0.2, 0) is 13.5 Å². The molecule has 9 nitrogen and oxygen atoms in total. The lowest BCUT2D eigenvalue weighted by molar-refractivity contribution is 0.232. The van der Waals surface area contributed by atoms with Gasteiger partial charge in [-0.15, -0.1) is 0 Å². The van der Waals surface area contributed by atoms with E-state index in [-0.39, 0.29) is 12.1 Å². The molecule has 10 heteroatoms. The molecule has 0 aliphatic carbocycles. The number of halogens is 1. The summed E-state index contributed by atoms with van der Waals surface area (Å²) < 4.78 is 6.98. The molecule has 0 aliphatic heterocycles. The van der Waals surface area contributed by atoms with Crippen molar-refractivity contribution in [1.29, 1.82) is 0 Å². The van der Waals surface area contributed by atoms with Gasteiger partial charge in [0, 0.05) is 48.9 Å². The number of aryl methyl sites for hydroxylation is 1. The van der Waals surface area contributed by atoms with E-state index in [0.717, 1.165) is 11.1 Å². The second-order valence-corrected chi connectivity index (χ2v) is 7.27. The van der Waals surface area contributed by atoms with Crippen LogP contribution in [0, 0.1) is 0 Å². The number of hydrogen-bond donors (Lipinski definition) is 2. The summed E-state index contributed by atoms with van der Waals surface area (Å²) in [5, 5.41) is 14.5. The Hall–Kier alpha value is -2.91. The molecule has 2 amide bonds. The van der Waals surface area contributed by atoms with E-state index in [1.54, 1.807) is 23.0 Å². The summed E-state index contributed by atoms with van der Waals surface area (Å²) in [6.07, 6.45) is 4.18. The fourth-order valence-corrected chi connectivity index (χ4v) is 2.94. The van der Waals surface area contributed by atoms with Crippen LogP contribution in [0.1, 0.15) is 17.5 Å². The number of aromatic nitrogens is 4. The molecular weight excluding hydrogens is 394 g/mol. The Bertz CT molecular complexity index is 936. The lowest BCUT2D eigenvalue weighted by Gasteiger charge is -2.23. The van der Waals surface area contributed by atoms with Gasteiger partial charge in [-0.3, -0.25) is 4.68 Å². The van der Waals surface area contributed by atoms with Crippen LogP contribution >= 0.6 is 11.6 Å². The van der Waals surface area contributed by atoms with Crippen molar-refractivity contribution >= 4 is 17.6 Å². The molecule has 1 unspecified atom stereocenters. The second kappa shape index (κ2) is 9.53. The Morgan fingerprint density at radius 3 is 2.69 bits per heavy atom. The van der Waals surface area contributed by atoms with Crippen LogP contribution < -0.4 is 10.6 Å². The molecule has 3 rings (SSSR count). The number of rotatable bonds is 8. The van der Waals surface area contributed by atoms with Gasteiger partial charge in [-0.05, 0) is 38.4 Å². The lowest BCUT2D eigenvalue weighted by Crippen LogP contribution is -2.41. The first-order valence-electron chi connectivity index (χ1n) is 9.17. The monoisotopic (exact) mass is 417 g/mol. The number of nitrogens with zero attached hydrogens (tertiary/aromatic N) is 5. The van der Waals surface area contributed by atoms with E-state index in [0.29, 0.717) is 36.2 Å². The van der Waals surface area contributed by atoms with Crippen LogP contribution in [0.3, 0.4) is 0 Å².